The normalized spacial score (nSPS) is 10.7. The van der Waals surface area contributed by atoms with E-state index in [1.807, 2.05) is 36.4 Å². The Morgan fingerprint density at radius 1 is 1.00 bits per heavy atom. The highest BCUT2D eigenvalue weighted by Gasteiger charge is 2.13. The van der Waals surface area contributed by atoms with Crippen molar-refractivity contribution in [3.63, 3.8) is 0 Å². The summed E-state index contributed by atoms with van der Waals surface area (Å²) in [4.78, 5) is 26.5. The lowest BCUT2D eigenvalue weighted by Gasteiger charge is -2.12. The van der Waals surface area contributed by atoms with Crippen LogP contribution in [-0.4, -0.2) is 10.9 Å². The predicted octanol–water partition coefficient (Wildman–Crippen LogP) is 5.99. The summed E-state index contributed by atoms with van der Waals surface area (Å²) in [5.74, 6) is 0.547. The first-order valence-corrected chi connectivity index (χ1v) is 9.84. The molecule has 7 heteroatoms. The van der Waals surface area contributed by atoms with E-state index in [2.05, 4.69) is 26.2 Å². The maximum atomic E-state index is 12.3. The number of amides is 1. The van der Waals surface area contributed by atoms with Gasteiger partial charge in [0, 0.05) is 11.9 Å². The van der Waals surface area contributed by atoms with E-state index in [0.717, 1.165) is 15.2 Å². The Bertz CT molecular complexity index is 1290. The van der Waals surface area contributed by atoms with Crippen LogP contribution in [-0.2, 0) is 0 Å². The molecular weight excluding hydrogens is 456 g/mol. The van der Waals surface area contributed by atoms with Crippen LogP contribution in [0.2, 0.25) is 5.02 Å². The fourth-order valence-corrected chi connectivity index (χ4v) is 3.66. The molecular formula is C22H14BrClN2O3. The number of aromatic amines is 1. The van der Waals surface area contributed by atoms with Crippen molar-refractivity contribution in [1.82, 2.24) is 4.98 Å². The average molecular weight is 470 g/mol. The molecule has 5 nitrogen and oxygen atoms in total. The first-order valence-electron chi connectivity index (χ1n) is 8.66. The third-order valence-corrected chi connectivity index (χ3v) is 5.41. The highest BCUT2D eigenvalue weighted by Crippen LogP contribution is 2.38. The number of ether oxygens (including phenoxy) is 1. The third kappa shape index (κ3) is 4.04. The number of carbonyl (C=O) groups excluding carboxylic acids is 1. The zero-order valence-corrected chi connectivity index (χ0v) is 17.3. The van der Waals surface area contributed by atoms with E-state index in [-0.39, 0.29) is 5.56 Å². The minimum Gasteiger partial charge on any atom is -0.455 e. The van der Waals surface area contributed by atoms with Crippen molar-refractivity contribution < 1.29 is 9.53 Å². The fraction of sp³-hybridized carbons (Fsp3) is 0. The second-order valence-electron chi connectivity index (χ2n) is 6.21. The highest BCUT2D eigenvalue weighted by atomic mass is 79.9. The molecule has 0 unspecified atom stereocenters. The number of carbonyl (C=O) groups is 1. The summed E-state index contributed by atoms with van der Waals surface area (Å²) in [6, 6.07) is 19.7. The third-order valence-electron chi connectivity index (χ3n) is 4.30. The molecule has 0 radical (unpaired) electrons. The molecule has 0 saturated heterocycles. The average Bonchev–Trinajstić information content (AvgIpc) is 2.72. The van der Waals surface area contributed by atoms with E-state index in [1.54, 1.807) is 24.3 Å². The Morgan fingerprint density at radius 3 is 2.59 bits per heavy atom. The molecule has 0 aliphatic heterocycles. The molecule has 0 aliphatic rings. The Kier molecular flexibility index (Phi) is 5.38. The zero-order chi connectivity index (χ0) is 20.4. The summed E-state index contributed by atoms with van der Waals surface area (Å²) in [6.07, 6.45) is 1.47. The molecule has 4 rings (SSSR count). The summed E-state index contributed by atoms with van der Waals surface area (Å²) in [6.45, 7) is 0. The summed E-state index contributed by atoms with van der Waals surface area (Å²) < 4.78 is 6.79. The van der Waals surface area contributed by atoms with E-state index in [9.17, 15) is 9.59 Å². The van der Waals surface area contributed by atoms with Gasteiger partial charge < -0.3 is 15.0 Å². The van der Waals surface area contributed by atoms with Gasteiger partial charge in [-0.1, -0.05) is 41.9 Å². The first kappa shape index (κ1) is 19.2. The SMILES string of the molecule is O=C(Nc1ccc(Oc2ccc3ccccc3c2Br)c(Cl)c1)c1ccc[nH]c1=O. The summed E-state index contributed by atoms with van der Waals surface area (Å²) in [7, 11) is 0. The molecule has 0 fully saturated rings. The molecule has 29 heavy (non-hydrogen) atoms. The Labute approximate surface area is 179 Å². The number of hydrogen-bond acceptors (Lipinski definition) is 3. The van der Waals surface area contributed by atoms with Crippen LogP contribution >= 0.6 is 27.5 Å². The largest absolute Gasteiger partial charge is 0.455 e. The van der Waals surface area contributed by atoms with Crippen LogP contribution < -0.4 is 15.6 Å². The molecule has 2 N–H and O–H groups in total. The molecule has 0 spiro atoms. The van der Waals surface area contributed by atoms with Gasteiger partial charge in [0.25, 0.3) is 11.5 Å². The number of aromatic nitrogens is 1. The first-order chi connectivity index (χ1) is 14.0. The molecule has 1 amide bonds. The van der Waals surface area contributed by atoms with Gasteiger partial charge in [0.2, 0.25) is 0 Å². The summed E-state index contributed by atoms with van der Waals surface area (Å²) in [5.41, 5.74) is 0.00873. The zero-order valence-electron chi connectivity index (χ0n) is 14.9. The minimum atomic E-state index is -0.520. The summed E-state index contributed by atoms with van der Waals surface area (Å²) in [5, 5.41) is 5.10. The second kappa shape index (κ2) is 8.11. The van der Waals surface area contributed by atoms with Gasteiger partial charge in [-0.05, 0) is 63.1 Å². The lowest BCUT2D eigenvalue weighted by molar-refractivity contribution is 0.102. The summed E-state index contributed by atoms with van der Waals surface area (Å²) >= 11 is 9.94. The Morgan fingerprint density at radius 2 is 1.79 bits per heavy atom. The van der Waals surface area contributed by atoms with Crippen molar-refractivity contribution in [2.24, 2.45) is 0 Å². The van der Waals surface area contributed by atoms with E-state index < -0.39 is 11.5 Å². The van der Waals surface area contributed by atoms with Crippen LogP contribution in [0, 0.1) is 0 Å². The Hall–Kier alpha value is -3.09. The van der Waals surface area contributed by atoms with Crippen LogP contribution in [0.5, 0.6) is 11.5 Å². The lowest BCUT2D eigenvalue weighted by atomic mass is 10.1. The van der Waals surface area contributed by atoms with Crippen molar-refractivity contribution >= 4 is 49.9 Å². The number of fused-ring (bicyclic) bond motifs is 1. The lowest BCUT2D eigenvalue weighted by Crippen LogP contribution is -2.22. The Balaban J connectivity index is 1.57. The predicted molar refractivity (Wildman–Crippen MR) is 118 cm³/mol. The van der Waals surface area contributed by atoms with Crippen LogP contribution in [0.25, 0.3) is 10.8 Å². The van der Waals surface area contributed by atoms with Gasteiger partial charge >= 0.3 is 0 Å². The van der Waals surface area contributed by atoms with Crippen molar-refractivity contribution in [3.05, 3.63) is 98.3 Å². The number of anilines is 1. The van der Waals surface area contributed by atoms with E-state index in [1.165, 1.54) is 12.3 Å². The van der Waals surface area contributed by atoms with Gasteiger partial charge in [0.05, 0.1) is 9.50 Å². The molecule has 0 saturated carbocycles. The van der Waals surface area contributed by atoms with E-state index in [0.29, 0.717) is 22.2 Å². The van der Waals surface area contributed by atoms with Crippen molar-refractivity contribution in [1.29, 1.82) is 0 Å². The van der Waals surface area contributed by atoms with Gasteiger partial charge in [0.15, 0.2) is 0 Å². The minimum absolute atomic E-state index is 0.0176. The molecule has 0 aliphatic carbocycles. The van der Waals surface area contributed by atoms with Crippen molar-refractivity contribution in [2.45, 2.75) is 0 Å². The molecule has 4 aromatic rings. The number of nitrogens with one attached hydrogen (secondary N) is 2. The quantitative estimate of drug-likeness (QED) is 0.386. The molecule has 1 heterocycles. The number of halogens is 2. The number of H-pyrrole nitrogens is 1. The van der Waals surface area contributed by atoms with Crippen molar-refractivity contribution in [3.8, 4) is 11.5 Å². The maximum Gasteiger partial charge on any atom is 0.261 e. The van der Waals surface area contributed by atoms with Gasteiger partial charge in [-0.3, -0.25) is 9.59 Å². The van der Waals surface area contributed by atoms with Crippen molar-refractivity contribution in [2.75, 3.05) is 5.32 Å². The topological polar surface area (TPSA) is 71.2 Å². The van der Waals surface area contributed by atoms with Gasteiger partial charge in [-0.15, -0.1) is 0 Å². The monoisotopic (exact) mass is 468 g/mol. The number of hydrogen-bond donors (Lipinski definition) is 2. The van der Waals surface area contributed by atoms with E-state index >= 15 is 0 Å². The highest BCUT2D eigenvalue weighted by molar-refractivity contribution is 9.10. The van der Waals surface area contributed by atoms with Crippen LogP contribution in [0.15, 0.2) is 82.2 Å². The molecule has 144 valence electrons. The van der Waals surface area contributed by atoms with Crippen LogP contribution in [0.4, 0.5) is 5.69 Å². The maximum absolute atomic E-state index is 12.3. The smallest absolute Gasteiger partial charge is 0.261 e. The molecule has 3 aromatic carbocycles. The molecule has 1 aromatic heterocycles. The van der Waals surface area contributed by atoms with E-state index in [4.69, 9.17) is 16.3 Å². The standard InChI is InChI=1S/C22H14BrClN2O3/c23-20-15-5-2-1-4-13(15)7-9-19(20)29-18-10-8-14(12-17(18)24)26-22(28)16-6-3-11-25-21(16)27/h1-12H,(H,25,27)(H,26,28). The fourth-order valence-electron chi connectivity index (χ4n) is 2.87. The number of pyridine rings is 1. The van der Waals surface area contributed by atoms with Gasteiger partial charge in [-0.2, -0.15) is 0 Å². The molecule has 0 atom stereocenters. The van der Waals surface area contributed by atoms with Gasteiger partial charge in [-0.25, -0.2) is 0 Å². The number of benzene rings is 3. The van der Waals surface area contributed by atoms with Crippen LogP contribution in [0.3, 0.4) is 0 Å². The molecule has 0 bridgehead atoms. The second-order valence-corrected chi connectivity index (χ2v) is 7.41. The van der Waals surface area contributed by atoms with Gasteiger partial charge in [0.1, 0.15) is 17.1 Å². The van der Waals surface area contributed by atoms with Crippen LogP contribution in [0.1, 0.15) is 10.4 Å². The number of rotatable bonds is 4.